The van der Waals surface area contributed by atoms with E-state index in [0.29, 0.717) is 12.2 Å². The second-order valence-electron chi connectivity index (χ2n) is 4.69. The van der Waals surface area contributed by atoms with Gasteiger partial charge in [0.15, 0.2) is 0 Å². The highest BCUT2D eigenvalue weighted by Gasteiger charge is 2.62. The molecule has 3 rings (SSSR count). The molecule has 0 aromatic heterocycles. The van der Waals surface area contributed by atoms with Crippen LogP contribution >= 0.6 is 0 Å². The van der Waals surface area contributed by atoms with E-state index in [2.05, 4.69) is 0 Å². The van der Waals surface area contributed by atoms with Gasteiger partial charge in [-0.1, -0.05) is 6.07 Å². The maximum absolute atomic E-state index is 13.5. The molecule has 0 amide bonds. The third-order valence-corrected chi connectivity index (χ3v) is 3.95. The minimum absolute atomic E-state index is 0.0710. The first-order valence-electron chi connectivity index (χ1n) is 5.40. The lowest BCUT2D eigenvalue weighted by Crippen LogP contribution is -2.06. The summed E-state index contributed by atoms with van der Waals surface area (Å²) in [4.78, 5) is 11.5. The number of Topliss-reactive ketones (excluding diaryl/α,β-unsaturated/α-hetero) is 1. The zero-order chi connectivity index (χ0) is 11.3. The van der Waals surface area contributed by atoms with Crippen LogP contribution in [0.1, 0.15) is 30.4 Å². The van der Waals surface area contributed by atoms with Gasteiger partial charge in [-0.25, -0.2) is 4.39 Å². The Bertz CT molecular complexity index is 531. The van der Waals surface area contributed by atoms with Gasteiger partial charge in [0.05, 0.1) is 5.56 Å². The summed E-state index contributed by atoms with van der Waals surface area (Å²) in [5, 5.41) is 8.65. The van der Waals surface area contributed by atoms with E-state index in [4.69, 9.17) is 5.26 Å². The van der Waals surface area contributed by atoms with Crippen LogP contribution in [0.5, 0.6) is 0 Å². The van der Waals surface area contributed by atoms with Gasteiger partial charge in [0.2, 0.25) is 0 Å². The van der Waals surface area contributed by atoms with Crippen molar-refractivity contribution in [1.29, 1.82) is 5.26 Å². The molecule has 1 aromatic carbocycles. The number of hydrogen-bond donors (Lipinski definition) is 0. The van der Waals surface area contributed by atoms with E-state index in [1.54, 1.807) is 12.1 Å². The first kappa shape index (κ1) is 9.53. The average Bonchev–Trinajstić information content (AvgIpc) is 2.95. The molecule has 2 fully saturated rings. The number of rotatable bonds is 1. The van der Waals surface area contributed by atoms with Gasteiger partial charge in [-0.15, -0.1) is 0 Å². The van der Waals surface area contributed by atoms with Crippen molar-refractivity contribution in [2.45, 2.75) is 24.7 Å². The summed E-state index contributed by atoms with van der Waals surface area (Å²) in [6, 6.07) is 6.54. The third-order valence-electron chi connectivity index (χ3n) is 3.95. The first-order chi connectivity index (χ1) is 7.67. The SMILES string of the molecule is N#Cc1ccc([C@]23CCC(=O)[C@H]2C3)cc1F. The Morgan fingerprint density at radius 2 is 2.31 bits per heavy atom. The smallest absolute Gasteiger partial charge is 0.141 e. The largest absolute Gasteiger partial charge is 0.299 e. The molecule has 0 radical (unpaired) electrons. The van der Waals surface area contributed by atoms with Crippen LogP contribution in [0.3, 0.4) is 0 Å². The van der Waals surface area contributed by atoms with Gasteiger partial charge in [-0.2, -0.15) is 5.26 Å². The predicted octanol–water partition coefficient (Wildman–Crippen LogP) is 2.32. The fourth-order valence-electron chi connectivity index (χ4n) is 2.90. The van der Waals surface area contributed by atoms with Crippen molar-refractivity contribution in [2.24, 2.45) is 5.92 Å². The Hall–Kier alpha value is -1.69. The number of carbonyl (C=O) groups is 1. The van der Waals surface area contributed by atoms with E-state index in [-0.39, 0.29) is 16.9 Å². The molecule has 80 valence electrons. The fourth-order valence-corrected chi connectivity index (χ4v) is 2.90. The molecule has 0 saturated heterocycles. The van der Waals surface area contributed by atoms with E-state index in [1.807, 2.05) is 0 Å². The second kappa shape index (κ2) is 2.91. The molecule has 0 bridgehead atoms. The Morgan fingerprint density at radius 1 is 1.50 bits per heavy atom. The first-order valence-corrected chi connectivity index (χ1v) is 5.40. The quantitative estimate of drug-likeness (QED) is 0.721. The number of fused-ring (bicyclic) bond motifs is 1. The van der Waals surface area contributed by atoms with Crippen LogP contribution in [0.15, 0.2) is 18.2 Å². The van der Waals surface area contributed by atoms with Crippen molar-refractivity contribution in [2.75, 3.05) is 0 Å². The summed E-state index contributed by atoms with van der Waals surface area (Å²) in [5.41, 5.74) is 0.868. The molecule has 0 aliphatic heterocycles. The summed E-state index contributed by atoms with van der Waals surface area (Å²) < 4.78 is 13.5. The van der Waals surface area contributed by atoms with E-state index >= 15 is 0 Å². The molecule has 3 heteroatoms. The summed E-state index contributed by atoms with van der Waals surface area (Å²) in [6.07, 6.45) is 2.31. The highest BCUT2D eigenvalue weighted by atomic mass is 19.1. The zero-order valence-corrected chi connectivity index (χ0v) is 8.66. The number of benzene rings is 1. The molecule has 0 heterocycles. The molecule has 1 aromatic rings. The maximum atomic E-state index is 13.5. The standard InChI is InChI=1S/C13H10FNO/c14-11-5-9(2-1-8(11)7-15)13-4-3-12(16)10(13)6-13/h1-2,5,10H,3-4,6H2/t10-,13-/m1/s1. The lowest BCUT2D eigenvalue weighted by Gasteiger charge is -2.11. The number of nitriles is 1. The van der Waals surface area contributed by atoms with Gasteiger partial charge in [0, 0.05) is 17.8 Å². The van der Waals surface area contributed by atoms with Gasteiger partial charge in [0.25, 0.3) is 0 Å². The van der Waals surface area contributed by atoms with Gasteiger partial charge >= 0.3 is 0 Å². The fraction of sp³-hybridized carbons (Fsp3) is 0.385. The van der Waals surface area contributed by atoms with E-state index in [9.17, 15) is 9.18 Å². The van der Waals surface area contributed by atoms with Crippen molar-refractivity contribution < 1.29 is 9.18 Å². The van der Waals surface area contributed by atoms with E-state index in [0.717, 1.165) is 18.4 Å². The topological polar surface area (TPSA) is 40.9 Å². The molecular formula is C13H10FNO. The molecule has 2 atom stereocenters. The molecule has 0 N–H and O–H groups in total. The van der Waals surface area contributed by atoms with Crippen LogP contribution in [0, 0.1) is 23.1 Å². The Balaban J connectivity index is 2.01. The van der Waals surface area contributed by atoms with Gasteiger partial charge in [0.1, 0.15) is 17.7 Å². The Morgan fingerprint density at radius 3 is 2.81 bits per heavy atom. The van der Waals surface area contributed by atoms with Crippen LogP contribution in [0.4, 0.5) is 4.39 Å². The van der Waals surface area contributed by atoms with Crippen LogP contribution in [0.2, 0.25) is 0 Å². The number of halogens is 1. The van der Waals surface area contributed by atoms with Crippen LogP contribution < -0.4 is 0 Å². The van der Waals surface area contributed by atoms with E-state index < -0.39 is 5.82 Å². The monoisotopic (exact) mass is 215 g/mol. The molecule has 16 heavy (non-hydrogen) atoms. The van der Waals surface area contributed by atoms with Gasteiger partial charge < -0.3 is 0 Å². The molecule has 2 aliphatic rings. The molecule has 0 spiro atoms. The van der Waals surface area contributed by atoms with Crippen molar-refractivity contribution in [1.82, 2.24) is 0 Å². The molecular weight excluding hydrogens is 205 g/mol. The minimum atomic E-state index is -0.473. The van der Waals surface area contributed by atoms with Crippen molar-refractivity contribution in [3.63, 3.8) is 0 Å². The average molecular weight is 215 g/mol. The van der Waals surface area contributed by atoms with Crippen molar-refractivity contribution >= 4 is 5.78 Å². The number of ketones is 1. The second-order valence-corrected chi connectivity index (χ2v) is 4.69. The molecule has 2 saturated carbocycles. The summed E-state index contributed by atoms with van der Waals surface area (Å²) in [6.45, 7) is 0. The maximum Gasteiger partial charge on any atom is 0.141 e. The minimum Gasteiger partial charge on any atom is -0.299 e. The number of nitrogens with zero attached hydrogens (tertiary/aromatic N) is 1. The summed E-state index contributed by atoms with van der Waals surface area (Å²) in [5.74, 6) is -0.0519. The van der Waals surface area contributed by atoms with Gasteiger partial charge in [-0.3, -0.25) is 4.79 Å². The summed E-state index contributed by atoms with van der Waals surface area (Å²) >= 11 is 0. The lowest BCUT2D eigenvalue weighted by atomic mass is 9.92. The zero-order valence-electron chi connectivity index (χ0n) is 8.66. The summed E-state index contributed by atoms with van der Waals surface area (Å²) in [7, 11) is 0. The number of carbonyl (C=O) groups excluding carboxylic acids is 1. The Labute approximate surface area is 92.7 Å². The predicted molar refractivity (Wildman–Crippen MR) is 55.1 cm³/mol. The van der Waals surface area contributed by atoms with Gasteiger partial charge in [-0.05, 0) is 30.5 Å². The van der Waals surface area contributed by atoms with Crippen molar-refractivity contribution in [3.8, 4) is 6.07 Å². The molecule has 0 unspecified atom stereocenters. The highest BCUT2D eigenvalue weighted by molar-refractivity contribution is 5.89. The normalized spacial score (nSPS) is 31.0. The van der Waals surface area contributed by atoms with Crippen LogP contribution in [-0.2, 0) is 10.2 Å². The Kier molecular flexibility index (Phi) is 1.74. The number of hydrogen-bond acceptors (Lipinski definition) is 2. The third kappa shape index (κ3) is 1.07. The molecule has 2 nitrogen and oxygen atoms in total. The lowest BCUT2D eigenvalue weighted by molar-refractivity contribution is -0.119. The van der Waals surface area contributed by atoms with Crippen LogP contribution in [-0.4, -0.2) is 5.78 Å². The highest BCUT2D eigenvalue weighted by Crippen LogP contribution is 2.62. The van der Waals surface area contributed by atoms with Crippen molar-refractivity contribution in [3.05, 3.63) is 35.1 Å². The van der Waals surface area contributed by atoms with E-state index in [1.165, 1.54) is 12.1 Å². The van der Waals surface area contributed by atoms with Crippen LogP contribution in [0.25, 0.3) is 0 Å². The molecule has 2 aliphatic carbocycles.